The number of phenols is 1. The molecule has 27 heavy (non-hydrogen) atoms. The van der Waals surface area contributed by atoms with Crippen molar-refractivity contribution in [3.8, 4) is 22.8 Å². The van der Waals surface area contributed by atoms with Crippen molar-refractivity contribution in [2.45, 2.75) is 0 Å². The summed E-state index contributed by atoms with van der Waals surface area (Å²) in [5.41, 5.74) is 0.892. The smallest absolute Gasteiger partial charge is 0.332 e. The van der Waals surface area contributed by atoms with E-state index in [1.165, 1.54) is 16.7 Å². The highest BCUT2D eigenvalue weighted by molar-refractivity contribution is 6.32. The van der Waals surface area contributed by atoms with E-state index in [4.69, 9.17) is 11.6 Å². The van der Waals surface area contributed by atoms with Gasteiger partial charge in [0.05, 0.1) is 10.7 Å². The molecule has 3 N–H and O–H groups in total. The lowest BCUT2D eigenvalue weighted by Gasteiger charge is -2.08. The number of fused-ring (bicyclic) bond motifs is 1. The molecule has 0 fully saturated rings. The number of aromatic amines is 1. The number of hydrogen-bond acceptors (Lipinski definition) is 5. The Bertz CT molecular complexity index is 1230. The Morgan fingerprint density at radius 1 is 1.15 bits per heavy atom. The first-order valence-electron chi connectivity index (χ1n) is 7.78. The van der Waals surface area contributed by atoms with Crippen molar-refractivity contribution in [2.24, 2.45) is 0 Å². The average molecular weight is 381 g/mol. The van der Waals surface area contributed by atoms with E-state index >= 15 is 0 Å². The lowest BCUT2D eigenvalue weighted by molar-refractivity contribution is 0.475. The molecule has 2 aromatic carbocycles. The van der Waals surface area contributed by atoms with Crippen LogP contribution in [0.1, 0.15) is 0 Å². The molecule has 8 nitrogen and oxygen atoms in total. The molecule has 0 bridgehead atoms. The van der Waals surface area contributed by atoms with Gasteiger partial charge in [-0.3, -0.25) is 4.79 Å². The van der Waals surface area contributed by atoms with E-state index in [2.05, 4.69) is 20.3 Å². The van der Waals surface area contributed by atoms with Crippen LogP contribution in [0.25, 0.3) is 28.2 Å². The third kappa shape index (κ3) is 2.91. The number of nitrogens with one attached hydrogen (secondary N) is 2. The predicted octanol–water partition coefficient (Wildman–Crippen LogP) is 2.61. The van der Waals surface area contributed by atoms with Crippen LogP contribution in [0.3, 0.4) is 0 Å². The quantitative estimate of drug-likeness (QED) is 0.471. The number of para-hydroxylation sites is 1. The Kier molecular flexibility index (Phi) is 4.09. The van der Waals surface area contributed by atoms with E-state index in [0.717, 1.165) is 0 Å². The maximum absolute atomic E-state index is 12.6. The molecule has 133 valence electrons. The summed E-state index contributed by atoms with van der Waals surface area (Å²) in [4.78, 5) is 34.8. The van der Waals surface area contributed by atoms with Crippen molar-refractivity contribution in [3.63, 3.8) is 0 Å². The predicted molar refractivity (Wildman–Crippen MR) is 101 cm³/mol. The average Bonchev–Trinajstić information content (AvgIpc) is 2.98. The Balaban J connectivity index is 2.06. The van der Waals surface area contributed by atoms with Gasteiger partial charge in [0.15, 0.2) is 17.3 Å². The molecule has 0 aliphatic carbocycles. The fourth-order valence-corrected chi connectivity index (χ4v) is 2.97. The van der Waals surface area contributed by atoms with Gasteiger partial charge in [-0.1, -0.05) is 35.9 Å². The van der Waals surface area contributed by atoms with Crippen molar-refractivity contribution in [1.82, 2.24) is 19.5 Å². The third-order valence-electron chi connectivity index (χ3n) is 3.90. The molecule has 4 aromatic rings. The summed E-state index contributed by atoms with van der Waals surface area (Å²) in [6.07, 6.45) is 1.55. The lowest BCUT2D eigenvalue weighted by Crippen LogP contribution is -2.15. The second-order valence-corrected chi connectivity index (χ2v) is 6.00. The monoisotopic (exact) mass is 380 g/mol. The Labute approximate surface area is 157 Å². The molecule has 0 atom stereocenters. The number of aromatic hydroxyl groups is 1. The molecular formula is C18H11ClN5O3. The van der Waals surface area contributed by atoms with Gasteiger partial charge in [-0.25, -0.2) is 19.3 Å². The second-order valence-electron chi connectivity index (χ2n) is 5.59. The standard InChI is InChI=1S/C18H11ClN5O3/c19-12-6-1-2-7-13(12)24-17-14(21-18(24)27)16(20-9-25)22-15(23-17)10-4-3-5-11(26)8-10/h1-8,26H,(H,21,27)(H,20,22,23,25). The van der Waals surface area contributed by atoms with Gasteiger partial charge in [0.2, 0.25) is 0 Å². The van der Waals surface area contributed by atoms with Crippen LogP contribution in [-0.2, 0) is 4.79 Å². The summed E-state index contributed by atoms with van der Waals surface area (Å²) in [6.45, 7) is 0. The topological polar surface area (TPSA) is 113 Å². The Morgan fingerprint density at radius 2 is 1.96 bits per heavy atom. The highest BCUT2D eigenvalue weighted by atomic mass is 35.5. The van der Waals surface area contributed by atoms with Gasteiger partial charge in [-0.05, 0) is 24.3 Å². The molecule has 2 heterocycles. The number of nitrogens with zero attached hydrogens (tertiary/aromatic N) is 3. The molecule has 1 radical (unpaired) electrons. The Hall–Kier alpha value is -3.65. The molecule has 9 heteroatoms. The van der Waals surface area contributed by atoms with Crippen LogP contribution in [0.2, 0.25) is 5.02 Å². The molecule has 4 rings (SSSR count). The second kappa shape index (κ2) is 6.58. The van der Waals surface area contributed by atoms with Crippen molar-refractivity contribution < 1.29 is 9.90 Å². The number of phenolic OH excluding ortho intramolecular Hbond substituents is 1. The maximum Gasteiger partial charge on any atom is 0.332 e. The van der Waals surface area contributed by atoms with Gasteiger partial charge in [0.25, 0.3) is 0 Å². The van der Waals surface area contributed by atoms with Gasteiger partial charge < -0.3 is 15.4 Å². The largest absolute Gasteiger partial charge is 0.508 e. The number of carbonyl (C=O) groups excluding carboxylic acids is 1. The van der Waals surface area contributed by atoms with Crippen LogP contribution >= 0.6 is 11.6 Å². The van der Waals surface area contributed by atoms with Gasteiger partial charge in [0.1, 0.15) is 11.3 Å². The molecule has 0 spiro atoms. The van der Waals surface area contributed by atoms with Gasteiger partial charge in [-0.15, -0.1) is 0 Å². The fourth-order valence-electron chi connectivity index (χ4n) is 2.75. The van der Waals surface area contributed by atoms with E-state index in [0.29, 0.717) is 16.3 Å². The first-order chi connectivity index (χ1) is 13.1. The molecule has 0 saturated carbocycles. The number of anilines is 1. The van der Waals surface area contributed by atoms with Gasteiger partial charge >= 0.3 is 12.1 Å². The zero-order valence-electron chi connectivity index (χ0n) is 13.6. The summed E-state index contributed by atoms with van der Waals surface area (Å²) in [7, 11) is 0. The van der Waals surface area contributed by atoms with Crippen LogP contribution in [0.5, 0.6) is 5.75 Å². The first kappa shape index (κ1) is 16.8. The van der Waals surface area contributed by atoms with Crippen molar-refractivity contribution >= 4 is 35.0 Å². The summed E-state index contributed by atoms with van der Waals surface area (Å²) >= 11 is 6.24. The first-order valence-corrected chi connectivity index (χ1v) is 8.16. The van der Waals surface area contributed by atoms with E-state index in [-0.39, 0.29) is 28.6 Å². The lowest BCUT2D eigenvalue weighted by atomic mass is 10.2. The summed E-state index contributed by atoms with van der Waals surface area (Å²) in [6, 6.07) is 13.1. The van der Waals surface area contributed by atoms with E-state index < -0.39 is 5.69 Å². The zero-order chi connectivity index (χ0) is 19.0. The fraction of sp³-hybridized carbons (Fsp3) is 0. The number of hydrogen-bond donors (Lipinski definition) is 3. The minimum atomic E-state index is -0.491. The molecule has 1 amide bonds. The number of H-pyrrole nitrogens is 1. The number of amides is 1. The molecule has 0 aliphatic rings. The number of halogens is 1. The van der Waals surface area contributed by atoms with E-state index in [9.17, 15) is 14.7 Å². The molecule has 0 aliphatic heterocycles. The molecule has 2 aromatic heterocycles. The maximum atomic E-state index is 12.6. The summed E-state index contributed by atoms with van der Waals surface area (Å²) < 4.78 is 1.29. The van der Waals surface area contributed by atoms with Crippen molar-refractivity contribution in [1.29, 1.82) is 0 Å². The highest BCUT2D eigenvalue weighted by Gasteiger charge is 2.18. The van der Waals surface area contributed by atoms with Crippen LogP contribution in [0.15, 0.2) is 53.3 Å². The molecule has 0 saturated heterocycles. The van der Waals surface area contributed by atoms with Crippen LogP contribution in [0, 0.1) is 0 Å². The number of benzene rings is 2. The summed E-state index contributed by atoms with van der Waals surface area (Å²) in [5, 5.41) is 12.4. The third-order valence-corrected chi connectivity index (χ3v) is 4.22. The minimum Gasteiger partial charge on any atom is -0.508 e. The minimum absolute atomic E-state index is 0.0326. The SMILES string of the molecule is O=[C]Nc1nc(-c2cccc(O)c2)nc2c1[nH]c(=O)n2-c1ccccc1Cl. The zero-order valence-corrected chi connectivity index (χ0v) is 14.4. The van der Waals surface area contributed by atoms with Gasteiger partial charge in [0, 0.05) is 5.56 Å². The van der Waals surface area contributed by atoms with Crippen LogP contribution < -0.4 is 11.0 Å². The van der Waals surface area contributed by atoms with Gasteiger partial charge in [-0.2, -0.15) is 0 Å². The van der Waals surface area contributed by atoms with Crippen molar-refractivity contribution in [2.75, 3.05) is 5.32 Å². The normalized spacial score (nSPS) is 10.9. The van der Waals surface area contributed by atoms with Crippen LogP contribution in [0.4, 0.5) is 5.82 Å². The Morgan fingerprint density at radius 3 is 2.70 bits per heavy atom. The van der Waals surface area contributed by atoms with E-state index in [1.807, 2.05) is 0 Å². The summed E-state index contributed by atoms with van der Waals surface area (Å²) in [5.74, 6) is 0.317. The number of imidazole rings is 1. The number of aromatic nitrogens is 4. The van der Waals surface area contributed by atoms with Crippen LogP contribution in [-0.4, -0.2) is 31.0 Å². The molecule has 0 unspecified atom stereocenters. The molecular weight excluding hydrogens is 370 g/mol. The van der Waals surface area contributed by atoms with E-state index in [1.54, 1.807) is 42.8 Å². The number of rotatable bonds is 4. The highest BCUT2D eigenvalue weighted by Crippen LogP contribution is 2.27. The van der Waals surface area contributed by atoms with Crippen molar-refractivity contribution in [3.05, 3.63) is 64.0 Å².